The number of piperidine rings is 1. The summed E-state index contributed by atoms with van der Waals surface area (Å²) in [6.07, 6.45) is 2.67. The zero-order valence-corrected chi connectivity index (χ0v) is 20.6. The number of sulfonamides is 1. The number of amides is 1. The molecular formula is C25H30N4O5S. The first-order valence-corrected chi connectivity index (χ1v) is 13.3. The first kappa shape index (κ1) is 25.0. The van der Waals surface area contributed by atoms with Crippen LogP contribution in [-0.2, 0) is 14.8 Å². The average Bonchev–Trinajstić information content (AvgIpc) is 2.90. The summed E-state index contributed by atoms with van der Waals surface area (Å²) in [6, 6.07) is 11.6. The van der Waals surface area contributed by atoms with Gasteiger partial charge in [-0.15, -0.1) is 0 Å². The third-order valence-corrected chi connectivity index (χ3v) is 8.07. The van der Waals surface area contributed by atoms with Crippen LogP contribution in [0.4, 0.5) is 11.4 Å². The summed E-state index contributed by atoms with van der Waals surface area (Å²) < 4.78 is 39.2. The van der Waals surface area contributed by atoms with E-state index in [0.29, 0.717) is 68.7 Å². The minimum absolute atomic E-state index is 0.0948. The van der Waals surface area contributed by atoms with Crippen molar-refractivity contribution in [2.75, 3.05) is 56.2 Å². The largest absolute Gasteiger partial charge is 0.492 e. The smallest absolute Gasteiger partial charge is 0.257 e. The summed E-state index contributed by atoms with van der Waals surface area (Å²) in [5.41, 5.74) is 1.61. The first-order valence-electron chi connectivity index (χ1n) is 11.9. The number of carbonyl (C=O) groups is 1. The number of carbonyl (C=O) groups excluding carboxylic acids is 1. The Bertz CT molecular complexity index is 1210. The lowest BCUT2D eigenvalue weighted by molar-refractivity contribution is 0.102. The third kappa shape index (κ3) is 5.59. The third-order valence-electron chi connectivity index (χ3n) is 6.17. The Kier molecular flexibility index (Phi) is 7.90. The van der Waals surface area contributed by atoms with Gasteiger partial charge in [0.15, 0.2) is 0 Å². The van der Waals surface area contributed by atoms with E-state index in [2.05, 4.69) is 11.4 Å². The Balaban J connectivity index is 1.73. The molecule has 0 spiro atoms. The van der Waals surface area contributed by atoms with Gasteiger partial charge in [0.05, 0.1) is 47.6 Å². The van der Waals surface area contributed by atoms with E-state index in [1.54, 1.807) is 30.3 Å². The van der Waals surface area contributed by atoms with E-state index in [1.807, 2.05) is 11.8 Å². The summed E-state index contributed by atoms with van der Waals surface area (Å²) >= 11 is 0. The fourth-order valence-corrected chi connectivity index (χ4v) is 5.90. The lowest BCUT2D eigenvalue weighted by Crippen LogP contribution is -2.38. The van der Waals surface area contributed by atoms with Crippen LogP contribution in [-0.4, -0.2) is 64.6 Å². The maximum absolute atomic E-state index is 13.6. The number of hydrogen-bond donors (Lipinski definition) is 1. The minimum Gasteiger partial charge on any atom is -0.492 e. The highest BCUT2D eigenvalue weighted by Gasteiger charge is 2.29. The van der Waals surface area contributed by atoms with Gasteiger partial charge in [0.2, 0.25) is 10.0 Å². The van der Waals surface area contributed by atoms with Gasteiger partial charge in [0.1, 0.15) is 5.75 Å². The Morgan fingerprint density at radius 3 is 2.51 bits per heavy atom. The van der Waals surface area contributed by atoms with Gasteiger partial charge < -0.3 is 19.7 Å². The molecule has 186 valence electrons. The zero-order valence-electron chi connectivity index (χ0n) is 19.8. The Morgan fingerprint density at radius 2 is 1.83 bits per heavy atom. The molecule has 2 aromatic rings. The highest BCUT2D eigenvalue weighted by Crippen LogP contribution is 2.31. The fraction of sp³-hybridized carbons (Fsp3) is 0.440. The van der Waals surface area contributed by atoms with Gasteiger partial charge in [-0.1, -0.05) is 6.42 Å². The van der Waals surface area contributed by atoms with Crippen LogP contribution in [0.25, 0.3) is 0 Å². The van der Waals surface area contributed by atoms with E-state index in [-0.39, 0.29) is 10.5 Å². The maximum Gasteiger partial charge on any atom is 0.257 e. The molecule has 9 nitrogen and oxygen atoms in total. The lowest BCUT2D eigenvalue weighted by Gasteiger charge is -2.31. The van der Waals surface area contributed by atoms with Crippen LogP contribution in [0.1, 0.15) is 42.1 Å². The molecule has 2 aromatic carbocycles. The SMILES string of the molecule is CCOc1ccc(C#N)cc1NC(=O)c1cc(S(=O)(=O)N2CCCCC2)ccc1N1CCOCC1. The van der Waals surface area contributed by atoms with Crippen molar-refractivity contribution in [2.45, 2.75) is 31.1 Å². The van der Waals surface area contributed by atoms with Crippen LogP contribution in [0.15, 0.2) is 41.3 Å². The second-order valence-corrected chi connectivity index (χ2v) is 10.4. The normalized spacial score (nSPS) is 17.0. The van der Waals surface area contributed by atoms with E-state index < -0.39 is 15.9 Å². The lowest BCUT2D eigenvalue weighted by atomic mass is 10.1. The topological polar surface area (TPSA) is 112 Å². The number of ether oxygens (including phenoxy) is 2. The van der Waals surface area contributed by atoms with Gasteiger partial charge >= 0.3 is 0 Å². The number of anilines is 2. The molecule has 2 fully saturated rings. The number of nitriles is 1. The second-order valence-electron chi connectivity index (χ2n) is 8.45. The van der Waals surface area contributed by atoms with Gasteiger partial charge in [-0.3, -0.25) is 4.79 Å². The molecule has 0 aromatic heterocycles. The number of rotatable bonds is 7. The van der Waals surface area contributed by atoms with Crippen LogP contribution in [0.2, 0.25) is 0 Å². The van der Waals surface area contributed by atoms with Crippen molar-refractivity contribution < 1.29 is 22.7 Å². The van der Waals surface area contributed by atoms with Crippen molar-refractivity contribution >= 4 is 27.3 Å². The van der Waals surface area contributed by atoms with Gasteiger partial charge in [-0.2, -0.15) is 9.57 Å². The first-order chi connectivity index (χ1) is 16.9. The molecule has 2 aliphatic heterocycles. The van der Waals surface area contributed by atoms with Gasteiger partial charge in [-0.25, -0.2) is 8.42 Å². The Hall–Kier alpha value is -3.13. The van der Waals surface area contributed by atoms with Gasteiger partial charge in [0.25, 0.3) is 5.91 Å². The van der Waals surface area contributed by atoms with Crippen LogP contribution in [0, 0.1) is 11.3 Å². The van der Waals surface area contributed by atoms with Crippen molar-refractivity contribution in [3.63, 3.8) is 0 Å². The van der Waals surface area contributed by atoms with Crippen molar-refractivity contribution in [3.05, 3.63) is 47.5 Å². The van der Waals surface area contributed by atoms with Gasteiger partial charge in [0, 0.05) is 31.9 Å². The van der Waals surface area contributed by atoms with E-state index >= 15 is 0 Å². The van der Waals surface area contributed by atoms with Crippen LogP contribution >= 0.6 is 0 Å². The Labute approximate surface area is 206 Å². The molecule has 2 aliphatic rings. The molecular weight excluding hydrogens is 468 g/mol. The van der Waals surface area contributed by atoms with Crippen molar-refractivity contribution in [3.8, 4) is 11.8 Å². The summed E-state index contributed by atoms with van der Waals surface area (Å²) in [6.45, 7) is 5.40. The van der Waals surface area contributed by atoms with Crippen LogP contribution in [0.3, 0.4) is 0 Å². The summed E-state index contributed by atoms with van der Waals surface area (Å²) in [5.74, 6) is -0.0388. The fourth-order valence-electron chi connectivity index (χ4n) is 4.36. The molecule has 0 atom stereocenters. The highest BCUT2D eigenvalue weighted by atomic mass is 32.2. The number of morpholine rings is 1. The van der Waals surface area contributed by atoms with E-state index in [1.165, 1.54) is 10.4 Å². The molecule has 1 N–H and O–H groups in total. The van der Waals surface area contributed by atoms with Crippen molar-refractivity contribution in [1.29, 1.82) is 5.26 Å². The van der Waals surface area contributed by atoms with Gasteiger partial charge in [-0.05, 0) is 56.2 Å². The summed E-state index contributed by atoms with van der Waals surface area (Å²) in [7, 11) is -3.72. The molecule has 4 rings (SSSR count). The maximum atomic E-state index is 13.6. The monoisotopic (exact) mass is 498 g/mol. The van der Waals surface area contributed by atoms with Crippen LogP contribution in [0.5, 0.6) is 5.75 Å². The second kappa shape index (κ2) is 11.1. The number of hydrogen-bond acceptors (Lipinski definition) is 7. The molecule has 0 aliphatic carbocycles. The molecule has 2 saturated heterocycles. The molecule has 10 heteroatoms. The molecule has 0 radical (unpaired) electrons. The molecule has 0 unspecified atom stereocenters. The van der Waals surface area contributed by atoms with E-state index in [4.69, 9.17) is 9.47 Å². The standard InChI is InChI=1S/C25H30N4O5S/c1-2-34-24-9-6-19(18-26)16-22(24)27-25(30)21-17-20(35(31,32)29-10-4-3-5-11-29)7-8-23(21)28-12-14-33-15-13-28/h6-9,16-17H,2-5,10-15H2,1H3,(H,27,30). The summed E-state index contributed by atoms with van der Waals surface area (Å²) in [5, 5.41) is 12.1. The quantitative estimate of drug-likeness (QED) is 0.624. The average molecular weight is 499 g/mol. The molecule has 1 amide bonds. The zero-order chi connectivity index (χ0) is 24.8. The van der Waals surface area contributed by atoms with Crippen molar-refractivity contribution in [2.24, 2.45) is 0 Å². The Morgan fingerprint density at radius 1 is 1.09 bits per heavy atom. The number of benzene rings is 2. The predicted molar refractivity (Wildman–Crippen MR) is 132 cm³/mol. The van der Waals surface area contributed by atoms with E-state index in [9.17, 15) is 18.5 Å². The minimum atomic E-state index is -3.72. The molecule has 2 heterocycles. The van der Waals surface area contributed by atoms with Crippen molar-refractivity contribution in [1.82, 2.24) is 4.31 Å². The van der Waals surface area contributed by atoms with Crippen LogP contribution < -0.4 is 15.0 Å². The van der Waals surface area contributed by atoms with E-state index in [0.717, 1.165) is 19.3 Å². The number of nitrogens with zero attached hydrogens (tertiary/aromatic N) is 3. The molecule has 35 heavy (non-hydrogen) atoms. The highest BCUT2D eigenvalue weighted by molar-refractivity contribution is 7.89. The predicted octanol–water partition coefficient (Wildman–Crippen LogP) is 3.22. The number of nitrogens with one attached hydrogen (secondary N) is 1. The summed E-state index contributed by atoms with van der Waals surface area (Å²) in [4.78, 5) is 15.7. The molecule has 0 saturated carbocycles. The molecule has 0 bridgehead atoms.